The van der Waals surface area contributed by atoms with Crippen LogP contribution in [0.2, 0.25) is 0 Å². The first-order valence-corrected chi connectivity index (χ1v) is 10.2. The number of nitro groups is 1. The average molecular weight is 518 g/mol. The Morgan fingerprint density at radius 1 is 1.18 bits per heavy atom. The van der Waals surface area contributed by atoms with Gasteiger partial charge in [-0.25, -0.2) is 5.43 Å². The number of aromatic nitrogens is 2. The van der Waals surface area contributed by atoms with E-state index < -0.39 is 16.5 Å². The maximum atomic E-state index is 12.5. The Labute approximate surface area is 197 Å². The molecule has 3 aromatic rings. The van der Waals surface area contributed by atoms with Crippen molar-refractivity contribution in [2.24, 2.45) is 5.10 Å². The van der Waals surface area contributed by atoms with Crippen LogP contribution in [0.5, 0.6) is 17.2 Å². The van der Waals surface area contributed by atoms with E-state index in [-0.39, 0.29) is 12.2 Å². The summed E-state index contributed by atoms with van der Waals surface area (Å²) in [7, 11) is 4.44. The first-order valence-electron chi connectivity index (χ1n) is 9.46. The van der Waals surface area contributed by atoms with E-state index in [2.05, 4.69) is 31.6 Å². The molecule has 172 valence electrons. The number of amides is 1. The second-order valence-electron chi connectivity index (χ2n) is 6.60. The van der Waals surface area contributed by atoms with E-state index >= 15 is 0 Å². The molecule has 1 N–H and O–H groups in total. The van der Waals surface area contributed by atoms with E-state index in [1.165, 1.54) is 38.4 Å². The van der Waals surface area contributed by atoms with E-state index in [1.54, 1.807) is 12.1 Å². The van der Waals surface area contributed by atoms with Crippen LogP contribution >= 0.6 is 15.9 Å². The van der Waals surface area contributed by atoms with Gasteiger partial charge in [-0.05, 0) is 29.8 Å². The van der Waals surface area contributed by atoms with Gasteiger partial charge in [0.25, 0.3) is 5.91 Å². The Kier molecular flexibility index (Phi) is 7.61. The first-order chi connectivity index (χ1) is 15.9. The van der Waals surface area contributed by atoms with Crippen molar-refractivity contribution >= 4 is 33.7 Å². The third-order valence-electron chi connectivity index (χ3n) is 4.48. The van der Waals surface area contributed by atoms with Gasteiger partial charge in [-0.3, -0.25) is 19.6 Å². The number of nitrogens with one attached hydrogen (secondary N) is 1. The van der Waals surface area contributed by atoms with Gasteiger partial charge in [-0.1, -0.05) is 28.1 Å². The lowest BCUT2D eigenvalue weighted by Crippen LogP contribution is -2.19. The van der Waals surface area contributed by atoms with Crippen molar-refractivity contribution in [2.75, 3.05) is 21.3 Å². The molecule has 0 aliphatic rings. The SMILES string of the molecule is COc1cc(C=NNC(=O)c2nn(Cc3ccc(Br)cc3)cc2[N+](=O)[O-])cc(OC)c1OC. The van der Waals surface area contributed by atoms with E-state index in [4.69, 9.17) is 14.2 Å². The van der Waals surface area contributed by atoms with Crippen molar-refractivity contribution < 1.29 is 23.9 Å². The van der Waals surface area contributed by atoms with Gasteiger partial charge in [0.05, 0.1) is 39.0 Å². The molecule has 0 spiro atoms. The van der Waals surface area contributed by atoms with E-state index in [1.807, 2.05) is 24.3 Å². The molecule has 2 aromatic carbocycles. The molecule has 1 heterocycles. The van der Waals surface area contributed by atoms with Gasteiger partial charge in [0.15, 0.2) is 11.5 Å². The fourth-order valence-corrected chi connectivity index (χ4v) is 3.22. The summed E-state index contributed by atoms with van der Waals surface area (Å²) >= 11 is 3.35. The third-order valence-corrected chi connectivity index (χ3v) is 5.01. The smallest absolute Gasteiger partial charge is 0.320 e. The molecule has 0 aliphatic carbocycles. The Morgan fingerprint density at radius 2 is 1.82 bits per heavy atom. The fourth-order valence-electron chi connectivity index (χ4n) is 2.96. The van der Waals surface area contributed by atoms with Gasteiger partial charge in [-0.2, -0.15) is 10.2 Å². The predicted octanol–water partition coefficient (Wildman–Crippen LogP) is 3.39. The molecule has 0 saturated carbocycles. The van der Waals surface area contributed by atoms with Crippen LogP contribution in [-0.2, 0) is 6.54 Å². The fraction of sp³-hybridized carbons (Fsp3) is 0.190. The highest BCUT2D eigenvalue weighted by Gasteiger charge is 2.25. The molecule has 0 atom stereocenters. The predicted molar refractivity (Wildman–Crippen MR) is 123 cm³/mol. The standard InChI is InChI=1S/C21H20BrN5O6/c1-31-17-8-14(9-18(32-2)20(17)33-3)10-23-24-21(28)19-16(27(29)30)12-26(25-19)11-13-4-6-15(22)7-5-13/h4-10,12H,11H2,1-3H3,(H,24,28). The molecule has 0 unspecified atom stereocenters. The van der Waals surface area contributed by atoms with Crippen LogP contribution in [0.25, 0.3) is 0 Å². The first kappa shape index (κ1) is 23.7. The van der Waals surface area contributed by atoms with E-state index in [0.717, 1.165) is 10.0 Å². The number of carbonyl (C=O) groups is 1. The normalized spacial score (nSPS) is 10.8. The second-order valence-corrected chi connectivity index (χ2v) is 7.52. The van der Waals surface area contributed by atoms with Crippen LogP contribution in [0, 0.1) is 10.1 Å². The topological polar surface area (TPSA) is 130 Å². The van der Waals surface area contributed by atoms with Gasteiger partial charge in [-0.15, -0.1) is 0 Å². The van der Waals surface area contributed by atoms with Crippen molar-refractivity contribution in [2.45, 2.75) is 6.54 Å². The number of hydrazone groups is 1. The molecule has 33 heavy (non-hydrogen) atoms. The summed E-state index contributed by atoms with van der Waals surface area (Å²) in [5.74, 6) is 0.409. The summed E-state index contributed by atoms with van der Waals surface area (Å²) in [5.41, 5.74) is 2.90. The number of rotatable bonds is 9. The Balaban J connectivity index is 1.78. The van der Waals surface area contributed by atoms with Crippen LogP contribution in [0.3, 0.4) is 0 Å². The van der Waals surface area contributed by atoms with Crippen molar-refractivity contribution in [3.63, 3.8) is 0 Å². The number of hydrogen-bond donors (Lipinski definition) is 1. The maximum Gasteiger partial charge on any atom is 0.320 e. The Hall–Kier alpha value is -3.93. The summed E-state index contributed by atoms with van der Waals surface area (Å²) < 4.78 is 18.0. The molecule has 12 heteroatoms. The molecule has 0 radical (unpaired) electrons. The lowest BCUT2D eigenvalue weighted by Gasteiger charge is -2.12. The summed E-state index contributed by atoms with van der Waals surface area (Å²) in [4.78, 5) is 23.3. The number of ether oxygens (including phenoxy) is 3. The molecular weight excluding hydrogens is 498 g/mol. The molecular formula is C21H20BrN5O6. The quantitative estimate of drug-likeness (QED) is 0.261. The summed E-state index contributed by atoms with van der Waals surface area (Å²) in [5, 5.41) is 19.4. The lowest BCUT2D eigenvalue weighted by atomic mass is 10.2. The second kappa shape index (κ2) is 10.6. The van der Waals surface area contributed by atoms with Crippen molar-refractivity contribution in [3.8, 4) is 17.2 Å². The summed E-state index contributed by atoms with van der Waals surface area (Å²) in [6.07, 6.45) is 2.55. The Bertz CT molecular complexity index is 1170. The number of methoxy groups -OCH3 is 3. The maximum absolute atomic E-state index is 12.5. The molecule has 11 nitrogen and oxygen atoms in total. The molecule has 0 bridgehead atoms. The highest BCUT2D eigenvalue weighted by Crippen LogP contribution is 2.37. The largest absolute Gasteiger partial charge is 0.493 e. The number of benzene rings is 2. The zero-order valence-corrected chi connectivity index (χ0v) is 19.5. The molecule has 1 aromatic heterocycles. The van der Waals surface area contributed by atoms with Gasteiger partial charge in [0.1, 0.15) is 6.20 Å². The summed E-state index contributed by atoms with van der Waals surface area (Å²) in [6.45, 7) is 0.260. The minimum Gasteiger partial charge on any atom is -0.493 e. The van der Waals surface area contributed by atoms with Crippen molar-refractivity contribution in [1.82, 2.24) is 15.2 Å². The minimum absolute atomic E-state index is 0.260. The molecule has 3 rings (SSSR count). The lowest BCUT2D eigenvalue weighted by molar-refractivity contribution is -0.385. The zero-order valence-electron chi connectivity index (χ0n) is 17.9. The van der Waals surface area contributed by atoms with Crippen LogP contribution < -0.4 is 19.6 Å². The van der Waals surface area contributed by atoms with Crippen LogP contribution in [0.15, 0.2) is 52.2 Å². The molecule has 0 fully saturated rings. The van der Waals surface area contributed by atoms with E-state index in [0.29, 0.717) is 22.8 Å². The molecule has 0 saturated heterocycles. The average Bonchev–Trinajstić information content (AvgIpc) is 3.24. The third kappa shape index (κ3) is 5.66. The number of nitrogens with zero attached hydrogens (tertiary/aromatic N) is 4. The van der Waals surface area contributed by atoms with Gasteiger partial charge < -0.3 is 14.2 Å². The van der Waals surface area contributed by atoms with Crippen LogP contribution in [0.4, 0.5) is 5.69 Å². The van der Waals surface area contributed by atoms with Crippen molar-refractivity contribution in [3.05, 3.63) is 74.0 Å². The summed E-state index contributed by atoms with van der Waals surface area (Å²) in [6, 6.07) is 10.6. The number of halogens is 1. The van der Waals surface area contributed by atoms with Crippen LogP contribution in [0.1, 0.15) is 21.6 Å². The molecule has 0 aliphatic heterocycles. The molecule has 1 amide bonds. The monoisotopic (exact) mass is 517 g/mol. The highest BCUT2D eigenvalue weighted by atomic mass is 79.9. The highest BCUT2D eigenvalue weighted by molar-refractivity contribution is 9.10. The van der Waals surface area contributed by atoms with Crippen molar-refractivity contribution in [1.29, 1.82) is 0 Å². The zero-order chi connectivity index (χ0) is 24.0. The van der Waals surface area contributed by atoms with Gasteiger partial charge in [0.2, 0.25) is 11.4 Å². The van der Waals surface area contributed by atoms with E-state index in [9.17, 15) is 14.9 Å². The number of carbonyl (C=O) groups excluding carboxylic acids is 1. The van der Waals surface area contributed by atoms with Gasteiger partial charge in [0, 0.05) is 10.0 Å². The number of hydrogen-bond acceptors (Lipinski definition) is 8. The van der Waals surface area contributed by atoms with Crippen LogP contribution in [-0.4, -0.2) is 48.2 Å². The van der Waals surface area contributed by atoms with Gasteiger partial charge >= 0.3 is 5.69 Å². The minimum atomic E-state index is -0.819. The Morgan fingerprint density at radius 3 is 2.36 bits per heavy atom.